The molecular formula is C23H31N3O3S. The molecule has 0 atom stereocenters. The number of ether oxygens (including phenoxy) is 1. The number of hydrogen-bond acceptors (Lipinski definition) is 6. The van der Waals surface area contributed by atoms with E-state index >= 15 is 0 Å². The van der Waals surface area contributed by atoms with Crippen molar-refractivity contribution in [1.82, 2.24) is 15.1 Å². The molecule has 0 radical (unpaired) electrons. The fourth-order valence-electron chi connectivity index (χ4n) is 4.74. The molecule has 2 fully saturated rings. The molecule has 1 amide bonds. The maximum atomic E-state index is 13.3. The molecule has 2 saturated carbocycles. The third kappa shape index (κ3) is 5.17. The Morgan fingerprint density at radius 3 is 2.17 bits per heavy atom. The van der Waals surface area contributed by atoms with Gasteiger partial charge in [0.05, 0.1) is 12.9 Å². The third-order valence-corrected chi connectivity index (χ3v) is 7.09. The summed E-state index contributed by atoms with van der Waals surface area (Å²) in [6.45, 7) is 0. The van der Waals surface area contributed by atoms with Gasteiger partial charge in [-0.2, -0.15) is 0 Å². The SMILES string of the molecule is COc1ccc(-c2nnc(SCC(=O)N(C3CCCCC3)C3CCCCC3)o2)cc1. The topological polar surface area (TPSA) is 68.5 Å². The first-order valence-electron chi connectivity index (χ1n) is 11.2. The monoisotopic (exact) mass is 429 g/mol. The van der Waals surface area contributed by atoms with Gasteiger partial charge in [-0.05, 0) is 49.9 Å². The van der Waals surface area contributed by atoms with Crippen molar-refractivity contribution in [2.24, 2.45) is 0 Å². The average molecular weight is 430 g/mol. The van der Waals surface area contributed by atoms with Crippen molar-refractivity contribution in [2.75, 3.05) is 12.9 Å². The number of rotatable bonds is 7. The summed E-state index contributed by atoms with van der Waals surface area (Å²) in [6.07, 6.45) is 12.1. The predicted octanol–water partition coefficient (Wildman–Crippen LogP) is 5.33. The predicted molar refractivity (Wildman–Crippen MR) is 118 cm³/mol. The summed E-state index contributed by atoms with van der Waals surface area (Å²) in [5, 5.41) is 8.72. The van der Waals surface area contributed by atoms with E-state index in [-0.39, 0.29) is 5.91 Å². The maximum Gasteiger partial charge on any atom is 0.277 e. The van der Waals surface area contributed by atoms with Crippen LogP contribution in [-0.2, 0) is 4.79 Å². The van der Waals surface area contributed by atoms with Gasteiger partial charge in [0.15, 0.2) is 0 Å². The van der Waals surface area contributed by atoms with E-state index < -0.39 is 0 Å². The van der Waals surface area contributed by atoms with E-state index in [1.165, 1.54) is 50.3 Å². The smallest absolute Gasteiger partial charge is 0.277 e. The van der Waals surface area contributed by atoms with Gasteiger partial charge in [-0.25, -0.2) is 0 Å². The van der Waals surface area contributed by atoms with Crippen LogP contribution in [0.4, 0.5) is 0 Å². The lowest BCUT2D eigenvalue weighted by Crippen LogP contribution is -2.49. The summed E-state index contributed by atoms with van der Waals surface area (Å²) in [5.41, 5.74) is 0.840. The molecule has 0 aliphatic heterocycles. The Bertz CT molecular complexity index is 793. The Morgan fingerprint density at radius 2 is 1.60 bits per heavy atom. The lowest BCUT2D eigenvalue weighted by Gasteiger charge is -2.41. The van der Waals surface area contributed by atoms with Crippen LogP contribution in [0.25, 0.3) is 11.5 Å². The second-order valence-corrected chi connectivity index (χ2v) is 9.20. The summed E-state index contributed by atoms with van der Waals surface area (Å²) in [7, 11) is 1.64. The van der Waals surface area contributed by atoms with Gasteiger partial charge in [0.2, 0.25) is 11.8 Å². The second kappa shape index (κ2) is 10.3. The van der Waals surface area contributed by atoms with Crippen LogP contribution in [0.3, 0.4) is 0 Å². The van der Waals surface area contributed by atoms with Gasteiger partial charge in [-0.15, -0.1) is 10.2 Å². The average Bonchev–Trinajstić information content (AvgIpc) is 3.28. The van der Waals surface area contributed by atoms with Gasteiger partial charge < -0.3 is 14.1 Å². The van der Waals surface area contributed by atoms with E-state index in [1.807, 2.05) is 24.3 Å². The molecule has 0 unspecified atom stereocenters. The zero-order chi connectivity index (χ0) is 20.8. The first-order chi connectivity index (χ1) is 14.7. The molecule has 162 valence electrons. The highest BCUT2D eigenvalue weighted by atomic mass is 32.2. The molecule has 0 saturated heterocycles. The van der Waals surface area contributed by atoms with Crippen molar-refractivity contribution >= 4 is 17.7 Å². The van der Waals surface area contributed by atoms with Crippen LogP contribution in [0.5, 0.6) is 5.75 Å². The molecule has 0 bridgehead atoms. The highest BCUT2D eigenvalue weighted by Gasteiger charge is 2.32. The molecule has 30 heavy (non-hydrogen) atoms. The Morgan fingerprint density at radius 1 is 1.00 bits per heavy atom. The Labute approximate surface area is 182 Å². The van der Waals surface area contributed by atoms with E-state index in [4.69, 9.17) is 9.15 Å². The van der Waals surface area contributed by atoms with Crippen LogP contribution in [0, 0.1) is 0 Å². The summed E-state index contributed by atoms with van der Waals surface area (Å²) in [5.74, 6) is 1.83. The minimum Gasteiger partial charge on any atom is -0.497 e. The quantitative estimate of drug-likeness (QED) is 0.554. The second-order valence-electron chi connectivity index (χ2n) is 8.27. The summed E-state index contributed by atoms with van der Waals surface area (Å²) < 4.78 is 11.0. The van der Waals surface area contributed by atoms with Crippen LogP contribution in [-0.4, -0.2) is 46.0 Å². The molecule has 7 heteroatoms. The molecule has 4 rings (SSSR count). The molecule has 2 aliphatic carbocycles. The molecule has 1 heterocycles. The molecule has 2 aromatic rings. The highest BCUT2D eigenvalue weighted by Crippen LogP contribution is 2.32. The minimum atomic E-state index is 0.225. The zero-order valence-corrected chi connectivity index (χ0v) is 18.5. The van der Waals surface area contributed by atoms with Crippen molar-refractivity contribution < 1.29 is 13.9 Å². The molecule has 1 aromatic carbocycles. The van der Waals surface area contributed by atoms with Crippen molar-refractivity contribution in [3.63, 3.8) is 0 Å². The van der Waals surface area contributed by atoms with Crippen molar-refractivity contribution in [3.8, 4) is 17.2 Å². The molecule has 1 aromatic heterocycles. The number of amides is 1. The molecule has 0 N–H and O–H groups in total. The first kappa shape index (κ1) is 21.2. The number of methoxy groups -OCH3 is 1. The summed E-state index contributed by atoms with van der Waals surface area (Å²) >= 11 is 1.35. The normalized spacial score (nSPS) is 18.3. The van der Waals surface area contributed by atoms with Crippen molar-refractivity contribution in [1.29, 1.82) is 0 Å². The Kier molecular flexibility index (Phi) is 7.31. The number of thioether (sulfide) groups is 1. The standard InChI is InChI=1S/C23H31N3O3S/c1-28-20-14-12-17(13-15-20)22-24-25-23(29-22)30-16-21(27)26(18-8-4-2-5-9-18)19-10-6-3-7-11-19/h12-15,18-19H,2-11,16H2,1H3. The number of carbonyl (C=O) groups is 1. The minimum absolute atomic E-state index is 0.225. The number of nitrogens with zero attached hydrogens (tertiary/aromatic N) is 3. The van der Waals surface area contributed by atoms with Gasteiger partial charge in [0.1, 0.15) is 5.75 Å². The number of aromatic nitrogens is 2. The van der Waals surface area contributed by atoms with E-state index in [2.05, 4.69) is 15.1 Å². The molecule has 0 spiro atoms. The number of carbonyl (C=O) groups excluding carboxylic acids is 1. The Balaban J connectivity index is 1.39. The van der Waals surface area contributed by atoms with Crippen molar-refractivity contribution in [3.05, 3.63) is 24.3 Å². The van der Waals surface area contributed by atoms with E-state index in [9.17, 15) is 4.79 Å². The van der Waals surface area contributed by atoms with Crippen molar-refractivity contribution in [2.45, 2.75) is 81.5 Å². The van der Waals surface area contributed by atoms with Crippen LogP contribution < -0.4 is 4.74 Å². The largest absolute Gasteiger partial charge is 0.497 e. The number of hydrogen-bond donors (Lipinski definition) is 0. The van der Waals surface area contributed by atoms with Crippen LogP contribution in [0.15, 0.2) is 33.9 Å². The van der Waals surface area contributed by atoms with Gasteiger partial charge in [0, 0.05) is 17.6 Å². The first-order valence-corrected chi connectivity index (χ1v) is 12.1. The van der Waals surface area contributed by atoms with Gasteiger partial charge >= 0.3 is 0 Å². The fraction of sp³-hybridized carbons (Fsp3) is 0.609. The zero-order valence-electron chi connectivity index (χ0n) is 17.7. The third-order valence-electron chi connectivity index (χ3n) is 6.29. The fourth-order valence-corrected chi connectivity index (χ4v) is 5.37. The van der Waals surface area contributed by atoms with Gasteiger partial charge in [-0.3, -0.25) is 4.79 Å². The molecular weight excluding hydrogens is 398 g/mol. The van der Waals surface area contributed by atoms with E-state index in [1.54, 1.807) is 7.11 Å². The van der Waals surface area contributed by atoms with Crippen LogP contribution in [0.2, 0.25) is 0 Å². The van der Waals surface area contributed by atoms with Gasteiger partial charge in [-0.1, -0.05) is 50.3 Å². The molecule has 6 nitrogen and oxygen atoms in total. The van der Waals surface area contributed by atoms with Crippen LogP contribution >= 0.6 is 11.8 Å². The van der Waals surface area contributed by atoms with Gasteiger partial charge in [0.25, 0.3) is 5.22 Å². The van der Waals surface area contributed by atoms with Crippen LogP contribution in [0.1, 0.15) is 64.2 Å². The Hall–Kier alpha value is -2.02. The molecule has 2 aliphatic rings. The van der Waals surface area contributed by atoms with E-state index in [0.29, 0.717) is 29.0 Å². The lowest BCUT2D eigenvalue weighted by atomic mass is 9.88. The van der Waals surface area contributed by atoms with E-state index in [0.717, 1.165) is 37.0 Å². The lowest BCUT2D eigenvalue weighted by molar-refractivity contribution is -0.135. The number of benzene rings is 1. The maximum absolute atomic E-state index is 13.3. The summed E-state index contributed by atoms with van der Waals surface area (Å²) in [6, 6.07) is 8.32. The summed E-state index contributed by atoms with van der Waals surface area (Å²) in [4.78, 5) is 15.5. The highest BCUT2D eigenvalue weighted by molar-refractivity contribution is 7.99.